The summed E-state index contributed by atoms with van der Waals surface area (Å²) in [6.07, 6.45) is 4.94. The molecular weight excluding hydrogens is 416 g/mol. The van der Waals surface area contributed by atoms with E-state index in [1.807, 2.05) is 25.1 Å². The molecule has 0 spiro atoms. The minimum absolute atomic E-state index is 0.162. The lowest BCUT2D eigenvalue weighted by atomic mass is 9.87. The number of benzene rings is 2. The summed E-state index contributed by atoms with van der Waals surface area (Å²) in [5.74, 6) is -0.460. The summed E-state index contributed by atoms with van der Waals surface area (Å²) in [4.78, 5) is 46.4. The molecule has 2 aliphatic heterocycles. The number of hydrogen-bond donors (Lipinski definition) is 2. The van der Waals surface area contributed by atoms with E-state index >= 15 is 0 Å². The molecule has 7 heteroatoms. The van der Waals surface area contributed by atoms with Gasteiger partial charge < -0.3 is 15.2 Å². The summed E-state index contributed by atoms with van der Waals surface area (Å²) in [6.45, 7) is 2.28. The number of hydrogen-bond acceptors (Lipinski definition) is 3. The molecule has 1 aliphatic carbocycles. The van der Waals surface area contributed by atoms with Gasteiger partial charge in [-0.2, -0.15) is 0 Å². The SMILES string of the molecule is C[C@]12C(=O)N(c3cccc(C(=O)NC4CCCC4)c3)C(=O)N1CCc1c2[nH]c2ccccc12. The smallest absolute Gasteiger partial charge is 0.332 e. The number of amides is 4. The van der Waals surface area contributed by atoms with Gasteiger partial charge in [-0.05, 0) is 56.0 Å². The average Bonchev–Trinajstić information content (AvgIpc) is 3.51. The summed E-state index contributed by atoms with van der Waals surface area (Å²) in [5.41, 5.74) is 2.63. The van der Waals surface area contributed by atoms with Gasteiger partial charge in [0.05, 0.1) is 11.4 Å². The second kappa shape index (κ2) is 7.20. The Morgan fingerprint density at radius 2 is 1.88 bits per heavy atom. The molecule has 1 saturated carbocycles. The molecule has 2 N–H and O–H groups in total. The molecule has 0 unspecified atom stereocenters. The fourth-order valence-electron chi connectivity index (χ4n) is 5.74. The molecule has 168 valence electrons. The van der Waals surface area contributed by atoms with Crippen molar-refractivity contribution in [2.45, 2.75) is 50.6 Å². The van der Waals surface area contributed by atoms with E-state index < -0.39 is 5.54 Å². The first-order valence-corrected chi connectivity index (χ1v) is 11.7. The number of carbonyl (C=O) groups excluding carboxylic acids is 3. The Hall–Kier alpha value is -3.61. The van der Waals surface area contributed by atoms with Crippen molar-refractivity contribution in [1.82, 2.24) is 15.2 Å². The Morgan fingerprint density at radius 1 is 1.09 bits per heavy atom. The van der Waals surface area contributed by atoms with Crippen LogP contribution in [0.15, 0.2) is 48.5 Å². The number of carbonyl (C=O) groups is 3. The van der Waals surface area contributed by atoms with E-state index in [0.29, 0.717) is 24.2 Å². The van der Waals surface area contributed by atoms with Gasteiger partial charge in [0.15, 0.2) is 5.54 Å². The third-order valence-corrected chi connectivity index (χ3v) is 7.52. The number of fused-ring (bicyclic) bond motifs is 5. The van der Waals surface area contributed by atoms with Crippen LogP contribution in [0, 0.1) is 0 Å². The largest absolute Gasteiger partial charge is 0.356 e. The first kappa shape index (κ1) is 20.0. The molecule has 33 heavy (non-hydrogen) atoms. The molecule has 3 heterocycles. The van der Waals surface area contributed by atoms with Crippen LogP contribution in [0.3, 0.4) is 0 Å². The molecule has 1 aromatic heterocycles. The zero-order valence-corrected chi connectivity index (χ0v) is 18.6. The fourth-order valence-corrected chi connectivity index (χ4v) is 5.74. The number of H-pyrrole nitrogens is 1. The second-order valence-corrected chi connectivity index (χ2v) is 9.43. The van der Waals surface area contributed by atoms with Gasteiger partial charge in [-0.3, -0.25) is 9.59 Å². The van der Waals surface area contributed by atoms with Crippen molar-refractivity contribution in [3.8, 4) is 0 Å². The number of rotatable bonds is 3. The van der Waals surface area contributed by atoms with Crippen LogP contribution >= 0.6 is 0 Å². The zero-order valence-electron chi connectivity index (χ0n) is 18.6. The number of nitrogens with one attached hydrogen (secondary N) is 2. The fraction of sp³-hybridized carbons (Fsp3) is 0.346. The van der Waals surface area contributed by atoms with Crippen molar-refractivity contribution in [2.75, 3.05) is 11.4 Å². The van der Waals surface area contributed by atoms with E-state index in [1.54, 1.807) is 29.2 Å². The Labute approximate surface area is 191 Å². The molecular formula is C26H26N4O3. The molecule has 7 nitrogen and oxygen atoms in total. The molecule has 2 fully saturated rings. The van der Waals surface area contributed by atoms with Crippen molar-refractivity contribution in [3.63, 3.8) is 0 Å². The summed E-state index contributed by atoms with van der Waals surface area (Å²) in [7, 11) is 0. The maximum absolute atomic E-state index is 13.8. The molecule has 1 saturated heterocycles. The average molecular weight is 443 g/mol. The number of aromatic amines is 1. The summed E-state index contributed by atoms with van der Waals surface area (Å²) in [5, 5.41) is 4.17. The molecule has 4 amide bonds. The van der Waals surface area contributed by atoms with E-state index in [-0.39, 0.29) is 23.9 Å². The molecule has 3 aromatic rings. The summed E-state index contributed by atoms with van der Waals surface area (Å²) in [6, 6.07) is 14.7. The lowest BCUT2D eigenvalue weighted by Crippen LogP contribution is -2.49. The predicted octanol–water partition coefficient (Wildman–Crippen LogP) is 4.08. The van der Waals surface area contributed by atoms with Crippen LogP contribution < -0.4 is 10.2 Å². The van der Waals surface area contributed by atoms with Crippen LogP contribution in [0.2, 0.25) is 0 Å². The van der Waals surface area contributed by atoms with Gasteiger partial charge in [-0.25, -0.2) is 9.69 Å². The number of para-hydroxylation sites is 1. The van der Waals surface area contributed by atoms with Gasteiger partial charge in [-0.15, -0.1) is 0 Å². The number of imide groups is 1. The highest BCUT2D eigenvalue weighted by Gasteiger charge is 2.59. The van der Waals surface area contributed by atoms with Gasteiger partial charge in [0.25, 0.3) is 11.8 Å². The van der Waals surface area contributed by atoms with Crippen LogP contribution in [0.4, 0.5) is 10.5 Å². The number of urea groups is 1. The normalized spacial score (nSPS) is 22.7. The van der Waals surface area contributed by atoms with Crippen LogP contribution in [0.1, 0.15) is 54.2 Å². The monoisotopic (exact) mass is 442 g/mol. The van der Waals surface area contributed by atoms with E-state index in [2.05, 4.69) is 16.4 Å². The highest BCUT2D eigenvalue weighted by atomic mass is 16.2. The number of aromatic nitrogens is 1. The van der Waals surface area contributed by atoms with Gasteiger partial charge in [-0.1, -0.05) is 37.1 Å². The van der Waals surface area contributed by atoms with E-state index in [9.17, 15) is 14.4 Å². The van der Waals surface area contributed by atoms with Gasteiger partial charge in [0.2, 0.25) is 0 Å². The lowest BCUT2D eigenvalue weighted by Gasteiger charge is -2.35. The van der Waals surface area contributed by atoms with Gasteiger partial charge in [0, 0.05) is 29.1 Å². The Bertz CT molecular complexity index is 1310. The van der Waals surface area contributed by atoms with Gasteiger partial charge >= 0.3 is 6.03 Å². The lowest BCUT2D eigenvalue weighted by molar-refractivity contribution is -0.125. The van der Waals surface area contributed by atoms with Crippen LogP contribution in [-0.2, 0) is 16.8 Å². The zero-order chi connectivity index (χ0) is 22.7. The topological polar surface area (TPSA) is 85.5 Å². The third kappa shape index (κ3) is 2.84. The molecule has 1 atom stereocenters. The Morgan fingerprint density at radius 3 is 2.70 bits per heavy atom. The van der Waals surface area contributed by atoms with Crippen molar-refractivity contribution in [3.05, 3.63) is 65.4 Å². The van der Waals surface area contributed by atoms with Crippen LogP contribution in [0.5, 0.6) is 0 Å². The quantitative estimate of drug-likeness (QED) is 0.600. The minimum atomic E-state index is -1.11. The molecule has 0 bridgehead atoms. The van der Waals surface area contributed by atoms with Crippen molar-refractivity contribution < 1.29 is 14.4 Å². The molecule has 3 aliphatic rings. The van der Waals surface area contributed by atoms with Crippen molar-refractivity contribution in [1.29, 1.82) is 0 Å². The van der Waals surface area contributed by atoms with Crippen LogP contribution in [0.25, 0.3) is 10.9 Å². The number of nitrogens with zero attached hydrogens (tertiary/aromatic N) is 2. The minimum Gasteiger partial charge on any atom is -0.356 e. The second-order valence-electron chi connectivity index (χ2n) is 9.43. The van der Waals surface area contributed by atoms with Gasteiger partial charge in [0.1, 0.15) is 0 Å². The molecule has 2 aromatic carbocycles. The van der Waals surface area contributed by atoms with Crippen LogP contribution in [-0.4, -0.2) is 40.3 Å². The first-order chi connectivity index (χ1) is 16.0. The van der Waals surface area contributed by atoms with Crippen molar-refractivity contribution >= 4 is 34.4 Å². The summed E-state index contributed by atoms with van der Waals surface area (Å²) < 4.78 is 0. The molecule has 0 radical (unpaired) electrons. The standard InChI is InChI=1S/C26H26N4O3/c1-26-22-20(19-11-4-5-12-21(19)28-22)13-14-29(26)25(33)30(24(26)32)18-10-6-7-16(15-18)23(31)27-17-8-2-3-9-17/h4-7,10-12,15,17,28H,2-3,8-9,13-14H2,1H3,(H,27,31)/t26-/m0/s1. The predicted molar refractivity (Wildman–Crippen MR) is 125 cm³/mol. The highest BCUT2D eigenvalue weighted by molar-refractivity contribution is 6.24. The molecule has 6 rings (SSSR count). The maximum atomic E-state index is 13.8. The first-order valence-electron chi connectivity index (χ1n) is 11.7. The highest BCUT2D eigenvalue weighted by Crippen LogP contribution is 2.45. The van der Waals surface area contributed by atoms with Crippen molar-refractivity contribution in [2.24, 2.45) is 0 Å². The van der Waals surface area contributed by atoms with E-state index in [0.717, 1.165) is 47.8 Å². The van der Waals surface area contributed by atoms with E-state index in [1.165, 1.54) is 4.90 Å². The Balaban J connectivity index is 1.36. The Kier molecular flexibility index (Phi) is 4.37. The summed E-state index contributed by atoms with van der Waals surface area (Å²) >= 11 is 0. The number of anilines is 1. The third-order valence-electron chi connectivity index (χ3n) is 7.52. The maximum Gasteiger partial charge on any atom is 0.332 e. The van der Waals surface area contributed by atoms with E-state index in [4.69, 9.17) is 0 Å².